The molecule has 0 spiro atoms. The van der Waals surface area contributed by atoms with Crippen molar-refractivity contribution in [2.45, 2.75) is 19.4 Å². The molecule has 2 heterocycles. The Morgan fingerprint density at radius 2 is 1.90 bits per heavy atom. The van der Waals surface area contributed by atoms with Gasteiger partial charge in [-0.3, -0.25) is 9.59 Å². The van der Waals surface area contributed by atoms with Crippen molar-refractivity contribution in [1.29, 1.82) is 0 Å². The van der Waals surface area contributed by atoms with Crippen molar-refractivity contribution >= 4 is 28.3 Å². The first-order valence-electron chi connectivity index (χ1n) is 9.68. The normalized spacial score (nSPS) is 16.0. The summed E-state index contributed by atoms with van der Waals surface area (Å²) in [7, 11) is 1.63. The largest absolute Gasteiger partial charge is 0.497 e. The molecular weight excluding hydrogens is 400 g/mol. The molecule has 0 bridgehead atoms. The summed E-state index contributed by atoms with van der Waals surface area (Å²) in [5.41, 5.74) is 2.14. The number of anilines is 1. The molecule has 4 rings (SSSR count). The van der Waals surface area contributed by atoms with E-state index in [0.717, 1.165) is 21.9 Å². The fourth-order valence-corrected chi connectivity index (χ4v) is 4.18. The first-order valence-corrected chi connectivity index (χ1v) is 10.5. The number of benzene rings is 2. The first kappa shape index (κ1) is 20.0. The van der Waals surface area contributed by atoms with Crippen LogP contribution < -0.4 is 10.1 Å². The lowest BCUT2D eigenvalue weighted by atomic mass is 10.1. The Morgan fingerprint density at radius 1 is 1.13 bits per heavy atom. The molecule has 3 aromatic rings. The van der Waals surface area contributed by atoms with Crippen LogP contribution in [0, 0.1) is 5.92 Å². The van der Waals surface area contributed by atoms with Gasteiger partial charge in [0.05, 0.1) is 13.0 Å². The number of ether oxygens (including phenoxy) is 1. The average Bonchev–Trinajstić information content (AvgIpc) is 3.35. The van der Waals surface area contributed by atoms with Crippen molar-refractivity contribution in [3.05, 3.63) is 70.7 Å². The van der Waals surface area contributed by atoms with Gasteiger partial charge in [-0.1, -0.05) is 53.8 Å². The minimum atomic E-state index is -0.379. The third-order valence-corrected chi connectivity index (χ3v) is 5.85. The zero-order valence-electron chi connectivity index (χ0n) is 16.6. The van der Waals surface area contributed by atoms with Gasteiger partial charge in [-0.05, 0) is 23.3 Å². The minimum absolute atomic E-state index is 0.00328. The minimum Gasteiger partial charge on any atom is -0.497 e. The Bertz CT molecular complexity index is 1020. The molecule has 1 aromatic heterocycles. The zero-order chi connectivity index (χ0) is 20.9. The van der Waals surface area contributed by atoms with Crippen molar-refractivity contribution in [3.8, 4) is 5.75 Å². The van der Waals surface area contributed by atoms with E-state index >= 15 is 0 Å². The van der Waals surface area contributed by atoms with Crippen molar-refractivity contribution in [2.75, 3.05) is 19.0 Å². The third kappa shape index (κ3) is 4.83. The number of amides is 2. The number of methoxy groups -OCH3 is 1. The molecule has 1 fully saturated rings. The number of nitrogens with one attached hydrogen (secondary N) is 1. The molecule has 1 aliphatic heterocycles. The summed E-state index contributed by atoms with van der Waals surface area (Å²) in [6, 6.07) is 17.5. The molecule has 1 N–H and O–H groups in total. The molecule has 1 unspecified atom stereocenters. The molecule has 0 radical (unpaired) electrons. The second kappa shape index (κ2) is 9.04. The van der Waals surface area contributed by atoms with E-state index < -0.39 is 0 Å². The predicted molar refractivity (Wildman–Crippen MR) is 114 cm³/mol. The lowest BCUT2D eigenvalue weighted by molar-refractivity contribution is -0.128. The predicted octanol–water partition coefficient (Wildman–Crippen LogP) is 3.12. The summed E-state index contributed by atoms with van der Waals surface area (Å²) < 4.78 is 5.16. The molecule has 7 nitrogen and oxygen atoms in total. The van der Waals surface area contributed by atoms with Gasteiger partial charge < -0.3 is 15.0 Å². The maximum absolute atomic E-state index is 12.6. The molecule has 2 amide bonds. The molecule has 0 aliphatic carbocycles. The summed E-state index contributed by atoms with van der Waals surface area (Å²) in [5, 5.41) is 12.3. The Hall–Kier alpha value is -3.26. The number of rotatable bonds is 7. The average molecular weight is 423 g/mol. The summed E-state index contributed by atoms with van der Waals surface area (Å²) in [5.74, 6) is 0.231. The molecular formula is C22H22N4O3S. The number of aromatic nitrogens is 2. The van der Waals surface area contributed by atoms with Gasteiger partial charge in [-0.15, -0.1) is 10.2 Å². The Kier molecular flexibility index (Phi) is 6.04. The fourth-order valence-electron chi connectivity index (χ4n) is 3.41. The van der Waals surface area contributed by atoms with Crippen LogP contribution in [0.5, 0.6) is 5.75 Å². The van der Waals surface area contributed by atoms with Crippen LogP contribution in [0.15, 0.2) is 54.6 Å². The van der Waals surface area contributed by atoms with Gasteiger partial charge in [0.25, 0.3) is 0 Å². The van der Waals surface area contributed by atoms with Crippen molar-refractivity contribution < 1.29 is 14.3 Å². The van der Waals surface area contributed by atoms with E-state index in [2.05, 4.69) is 15.5 Å². The molecule has 30 heavy (non-hydrogen) atoms. The quantitative estimate of drug-likeness (QED) is 0.632. The molecule has 2 aromatic carbocycles. The first-order chi connectivity index (χ1) is 14.6. The van der Waals surface area contributed by atoms with Crippen molar-refractivity contribution in [1.82, 2.24) is 15.1 Å². The zero-order valence-corrected chi connectivity index (χ0v) is 17.4. The van der Waals surface area contributed by atoms with Crippen LogP contribution in [-0.2, 0) is 22.6 Å². The number of likely N-dealkylation sites (tertiary alicyclic amines) is 1. The smallest absolute Gasteiger partial charge is 0.231 e. The highest BCUT2D eigenvalue weighted by Gasteiger charge is 2.34. The molecule has 0 saturated carbocycles. The summed E-state index contributed by atoms with van der Waals surface area (Å²) >= 11 is 1.35. The van der Waals surface area contributed by atoms with Gasteiger partial charge in [0.15, 0.2) is 0 Å². The van der Waals surface area contributed by atoms with Gasteiger partial charge in [0, 0.05) is 25.9 Å². The van der Waals surface area contributed by atoms with E-state index in [-0.39, 0.29) is 24.2 Å². The van der Waals surface area contributed by atoms with Gasteiger partial charge in [0.1, 0.15) is 10.8 Å². The highest BCUT2D eigenvalue weighted by atomic mass is 32.1. The van der Waals surface area contributed by atoms with Gasteiger partial charge >= 0.3 is 0 Å². The number of carbonyl (C=O) groups excluding carboxylic acids is 2. The monoisotopic (exact) mass is 422 g/mol. The Labute approximate surface area is 178 Å². The number of nitrogens with zero attached hydrogens (tertiary/aromatic N) is 3. The van der Waals surface area contributed by atoms with Gasteiger partial charge in [-0.25, -0.2) is 0 Å². The van der Waals surface area contributed by atoms with Crippen molar-refractivity contribution in [2.24, 2.45) is 5.92 Å². The van der Waals surface area contributed by atoms with Crippen molar-refractivity contribution in [3.63, 3.8) is 0 Å². The highest BCUT2D eigenvalue weighted by Crippen LogP contribution is 2.24. The van der Waals surface area contributed by atoms with E-state index in [1.165, 1.54) is 11.3 Å². The Morgan fingerprint density at radius 3 is 2.63 bits per heavy atom. The van der Waals surface area contributed by atoms with E-state index in [0.29, 0.717) is 24.6 Å². The second-order valence-electron chi connectivity index (χ2n) is 7.18. The standard InChI is InChI=1S/C22H22N4O3S/c1-29-18-9-7-15(8-10-18)11-19-24-25-22(30-19)23-21(28)17-12-20(27)26(14-17)13-16-5-3-2-4-6-16/h2-10,17H,11-14H2,1H3,(H,23,25,28). The summed E-state index contributed by atoms with van der Waals surface area (Å²) in [6.07, 6.45) is 0.848. The summed E-state index contributed by atoms with van der Waals surface area (Å²) in [4.78, 5) is 26.7. The molecule has 1 saturated heterocycles. The van der Waals surface area contributed by atoms with Crippen LogP contribution >= 0.6 is 11.3 Å². The number of carbonyl (C=O) groups is 2. The van der Waals surface area contributed by atoms with E-state index in [4.69, 9.17) is 4.74 Å². The molecule has 1 atom stereocenters. The van der Waals surface area contributed by atoms with Gasteiger partial charge in [-0.2, -0.15) is 0 Å². The van der Waals surface area contributed by atoms with Gasteiger partial charge in [0.2, 0.25) is 16.9 Å². The lowest BCUT2D eigenvalue weighted by Crippen LogP contribution is -2.28. The second-order valence-corrected chi connectivity index (χ2v) is 8.24. The molecule has 8 heteroatoms. The van der Waals surface area contributed by atoms with Crippen LogP contribution in [0.25, 0.3) is 0 Å². The van der Waals surface area contributed by atoms with Crippen LogP contribution in [0.3, 0.4) is 0 Å². The highest BCUT2D eigenvalue weighted by molar-refractivity contribution is 7.15. The number of hydrogen-bond donors (Lipinski definition) is 1. The topological polar surface area (TPSA) is 84.4 Å². The van der Waals surface area contributed by atoms with Crippen LogP contribution in [-0.4, -0.2) is 40.6 Å². The number of hydrogen-bond acceptors (Lipinski definition) is 6. The fraction of sp³-hybridized carbons (Fsp3) is 0.273. The molecule has 1 aliphatic rings. The van der Waals surface area contributed by atoms with Crippen LogP contribution in [0.1, 0.15) is 22.6 Å². The van der Waals surface area contributed by atoms with Crippen LogP contribution in [0.4, 0.5) is 5.13 Å². The Balaban J connectivity index is 1.32. The van der Waals surface area contributed by atoms with E-state index in [1.54, 1.807) is 12.0 Å². The summed E-state index contributed by atoms with van der Waals surface area (Å²) in [6.45, 7) is 0.936. The van der Waals surface area contributed by atoms with E-state index in [1.807, 2.05) is 54.6 Å². The molecule has 154 valence electrons. The van der Waals surface area contributed by atoms with E-state index in [9.17, 15) is 9.59 Å². The lowest BCUT2D eigenvalue weighted by Gasteiger charge is -2.16. The third-order valence-electron chi connectivity index (χ3n) is 5.01. The maximum atomic E-state index is 12.6. The maximum Gasteiger partial charge on any atom is 0.231 e. The van der Waals surface area contributed by atoms with Crippen LogP contribution in [0.2, 0.25) is 0 Å². The SMILES string of the molecule is COc1ccc(Cc2nnc(NC(=O)C3CC(=O)N(Cc4ccccc4)C3)s2)cc1.